The number of nitrogens with one attached hydrogen (secondary N) is 19. The normalized spacial score (nSPS) is 13.9. The molecule has 0 saturated carbocycles. The molecule has 3 rings (SSSR count). The van der Waals surface area contributed by atoms with Crippen LogP contribution < -0.4 is 125 Å². The van der Waals surface area contributed by atoms with E-state index >= 15 is 14.4 Å². The van der Waals surface area contributed by atoms with Crippen molar-refractivity contribution in [1.82, 2.24) is 90.4 Å². The highest BCUT2D eigenvalue weighted by atomic mass is 16.4. The second-order valence-corrected chi connectivity index (χ2v) is 38.3. The third-order valence-electron chi connectivity index (χ3n) is 23.6. The van der Waals surface area contributed by atoms with Crippen LogP contribution in [0.1, 0.15) is 233 Å². The van der Waals surface area contributed by atoms with Crippen LogP contribution in [0.4, 0.5) is 0 Å². The first-order chi connectivity index (χ1) is 70.3. The number of benzene rings is 3. The Kier molecular flexibility index (Phi) is 61.5. The van der Waals surface area contributed by atoms with Gasteiger partial charge in [0, 0.05) is 56.7 Å². The summed E-state index contributed by atoms with van der Waals surface area (Å²) in [7, 11) is 0. The second-order valence-electron chi connectivity index (χ2n) is 38.3. The summed E-state index contributed by atoms with van der Waals surface area (Å²) in [5.41, 5.74) is 43.7. The van der Waals surface area contributed by atoms with Crippen molar-refractivity contribution in [3.8, 4) is 5.75 Å². The summed E-state index contributed by atoms with van der Waals surface area (Å²) < 4.78 is 0. The van der Waals surface area contributed by atoms with E-state index in [4.69, 9.17) is 50.8 Å². The standard InChI is InChI=1S/C99H160N28O21/c1-58(2)49-71(113-82(133)56-111-81(132)37-21-13-11-9-10-12-14-26-48-112-127-108)88(138)123-76(54-64-38-40-65(129)41-39-64)94(144)126-83(61(7)8)96(146)125-78(57-128)95(145)116-68(36-28-47-110-99(106)107)86(136)120-73(51-60(5)6)90(140)122-75(53-63-31-19-16-20-32-63)92(142)124-77(55-80(103)131)93(143)115-67(35-27-46-109-98(104)105)85(135)119-72(50-59(3)4)89(139)121-74(52-62-29-17-15-18-30-62)91(141)117-69(42-43-79(102)130)87(137)114-66(33-22-24-44-100)84(134)118-70(97(147)148)34-23-25-45-101/h15-20,29-32,38-41,58-61,66-78,83,128-129H,9-14,21-28,33-37,42-57,100-101H2,1-8H3,(H2,102,130)(H2,103,131)(H,111,132)(H,113,133)(H,114,137)(H,115,143)(H,116,145)(H,117,141)(H,118,134)(H,119,135)(H,120,136)(H,121,139)(H,122,140)(H,123,138)(H,124,142)(H,125,146)(H,126,144)(H,147,148)(H4,104,105,109)(H4,106,107,110)/t66-,67-,68-,69-,70-,71-,72-,73-,74-,75-,76-,77-,78-,83-/m0/s1. The number of hydrogen-bond donors (Lipinski definition) is 28. The Morgan fingerprint density at radius 2 is 0.676 bits per heavy atom. The number of rotatable bonds is 76. The molecular formula is C99H160N28O21. The highest BCUT2D eigenvalue weighted by Gasteiger charge is 2.40. The molecule has 34 N–H and O–H groups in total. The molecule has 0 bridgehead atoms. The molecule has 17 amide bonds. The number of aliphatic hydroxyl groups is 1. The molecule has 14 atom stereocenters. The van der Waals surface area contributed by atoms with E-state index < -0.39 is 247 Å². The molecule has 3 aromatic rings. The number of aliphatic carboxylic acids is 1. The molecule has 822 valence electrons. The zero-order valence-electron chi connectivity index (χ0n) is 86.2. The van der Waals surface area contributed by atoms with Crippen LogP contribution in [0.2, 0.25) is 0 Å². The summed E-state index contributed by atoms with van der Waals surface area (Å²) in [6.45, 7) is 12.7. The van der Waals surface area contributed by atoms with E-state index in [1.54, 1.807) is 116 Å². The van der Waals surface area contributed by atoms with Crippen molar-refractivity contribution in [3.05, 3.63) is 112 Å². The third kappa shape index (κ3) is 53.7. The van der Waals surface area contributed by atoms with Gasteiger partial charge < -0.3 is 140 Å². The molecule has 0 aromatic heterocycles. The summed E-state index contributed by atoms with van der Waals surface area (Å²) in [5, 5.41) is 94.2. The summed E-state index contributed by atoms with van der Waals surface area (Å²) in [6.07, 6.45) is 5.09. The Morgan fingerprint density at radius 3 is 1.06 bits per heavy atom. The smallest absolute Gasteiger partial charge is 0.326 e. The minimum atomic E-state index is -1.95. The number of carbonyl (C=O) groups is 18. The van der Waals surface area contributed by atoms with E-state index in [9.17, 15) is 87.2 Å². The van der Waals surface area contributed by atoms with E-state index in [2.05, 4.69) is 100 Å². The van der Waals surface area contributed by atoms with Gasteiger partial charge in [0.1, 0.15) is 90.3 Å². The SMILES string of the molecule is CC(C)C[C@H](NC(=O)CNC(=O)CCCCCCCCCCN=[N+]=[N-])C(=O)N[C@@H](Cc1ccc(O)cc1)C(=O)N[C@H](C(=O)N[C@@H](CO)C(=O)N[C@@H](CCCNC(=N)N)C(=O)N[C@@H](CC(C)C)C(=O)N[C@@H](Cc1ccccc1)C(=O)N[C@@H](CC(N)=O)C(=O)N[C@@H](CCCNC(=N)N)C(=O)N[C@@H](CC(C)C)C(=O)N[C@@H](Cc1ccccc1)C(=O)N[C@@H](CCC(N)=O)C(=O)N[C@@H](CCCCN)C(=O)N[C@@H](CCCCN)C(=O)O)C(C)C. The Bertz CT molecular complexity index is 4800. The number of azide groups is 1. The quantitative estimate of drug-likeness (QED) is 0.00800. The van der Waals surface area contributed by atoms with E-state index in [0.717, 1.165) is 44.9 Å². The van der Waals surface area contributed by atoms with Crippen LogP contribution in [0.5, 0.6) is 5.75 Å². The van der Waals surface area contributed by atoms with E-state index in [1.165, 1.54) is 24.3 Å². The number of hydrogen-bond acceptors (Lipinski definition) is 25. The Labute approximate surface area is 863 Å². The van der Waals surface area contributed by atoms with Crippen molar-refractivity contribution in [2.75, 3.05) is 45.9 Å². The fourth-order valence-corrected chi connectivity index (χ4v) is 15.7. The largest absolute Gasteiger partial charge is 0.508 e. The molecule has 49 nitrogen and oxygen atoms in total. The molecule has 0 radical (unpaired) electrons. The molecule has 0 unspecified atom stereocenters. The van der Waals surface area contributed by atoms with Crippen LogP contribution in [-0.2, 0) is 106 Å². The van der Waals surface area contributed by atoms with Gasteiger partial charge in [-0.3, -0.25) is 92.3 Å². The monoisotopic (exact) mass is 2080 g/mol. The number of amides is 17. The number of carboxylic acid groups (broad SMARTS) is 1. The molecule has 0 fully saturated rings. The number of unbranched alkanes of at least 4 members (excludes halogenated alkanes) is 9. The lowest BCUT2D eigenvalue weighted by molar-refractivity contribution is -0.142. The summed E-state index contributed by atoms with van der Waals surface area (Å²) in [5.74, 6) is -20.5. The van der Waals surface area contributed by atoms with Gasteiger partial charge in [0.2, 0.25) is 100 Å². The minimum Gasteiger partial charge on any atom is -0.508 e. The van der Waals surface area contributed by atoms with Gasteiger partial charge >= 0.3 is 5.97 Å². The maximum absolute atomic E-state index is 15.1. The van der Waals surface area contributed by atoms with Crippen LogP contribution in [0.15, 0.2) is 90.0 Å². The van der Waals surface area contributed by atoms with Gasteiger partial charge in [-0.2, -0.15) is 0 Å². The predicted molar refractivity (Wildman–Crippen MR) is 552 cm³/mol. The van der Waals surface area contributed by atoms with Gasteiger partial charge in [-0.15, -0.1) is 0 Å². The highest BCUT2D eigenvalue weighted by molar-refractivity contribution is 6.02. The number of phenolic OH excluding ortho intramolecular Hbond substituents is 1. The molecule has 148 heavy (non-hydrogen) atoms. The Hall–Kier alpha value is -14.3. The van der Waals surface area contributed by atoms with Gasteiger partial charge in [0.25, 0.3) is 0 Å². The Morgan fingerprint density at radius 1 is 0.345 bits per heavy atom. The molecular weight excluding hydrogens is 1920 g/mol. The number of phenols is 1. The van der Waals surface area contributed by atoms with Crippen molar-refractivity contribution in [2.24, 2.45) is 63.2 Å². The lowest BCUT2D eigenvalue weighted by atomic mass is 9.99. The van der Waals surface area contributed by atoms with Crippen LogP contribution in [0.25, 0.3) is 10.4 Å². The summed E-state index contributed by atoms with van der Waals surface area (Å²) >= 11 is 0. The number of nitrogens with two attached hydrogens (primary N) is 6. The van der Waals surface area contributed by atoms with Crippen LogP contribution in [0.3, 0.4) is 0 Å². The topological polar surface area (TPSA) is 825 Å². The fourth-order valence-electron chi connectivity index (χ4n) is 15.7. The number of carbonyl (C=O) groups excluding carboxylic acids is 17. The maximum atomic E-state index is 15.1. The first kappa shape index (κ1) is 128. The fraction of sp³-hybridized carbons (Fsp3) is 0.616. The van der Waals surface area contributed by atoms with Gasteiger partial charge in [0.05, 0.1) is 19.6 Å². The van der Waals surface area contributed by atoms with E-state index in [-0.39, 0.29) is 134 Å². The van der Waals surface area contributed by atoms with E-state index in [1.807, 2.05) is 0 Å². The third-order valence-corrected chi connectivity index (χ3v) is 23.6. The number of aliphatic hydroxyl groups excluding tert-OH is 1. The van der Waals surface area contributed by atoms with Gasteiger partial charge in [-0.25, -0.2) is 4.79 Å². The molecule has 49 heteroatoms. The molecule has 3 aromatic carbocycles. The lowest BCUT2D eigenvalue weighted by Gasteiger charge is -2.29. The number of aromatic hydroxyl groups is 1. The van der Waals surface area contributed by atoms with Gasteiger partial charge in [0.15, 0.2) is 11.9 Å². The number of guanidine groups is 2. The van der Waals surface area contributed by atoms with Crippen LogP contribution >= 0.6 is 0 Å². The number of primary amides is 2. The van der Waals surface area contributed by atoms with Crippen molar-refractivity contribution in [2.45, 2.75) is 320 Å². The van der Waals surface area contributed by atoms with Crippen LogP contribution in [-0.4, -0.2) is 264 Å². The number of nitrogens with zero attached hydrogens (tertiary/aromatic N) is 3. The average Bonchev–Trinajstić information content (AvgIpc) is 0.851. The van der Waals surface area contributed by atoms with Crippen LogP contribution in [0, 0.1) is 34.5 Å². The molecule has 0 spiro atoms. The maximum Gasteiger partial charge on any atom is 0.326 e. The zero-order valence-corrected chi connectivity index (χ0v) is 86.2. The lowest BCUT2D eigenvalue weighted by Crippen LogP contribution is -2.62. The first-order valence-electron chi connectivity index (χ1n) is 50.6. The molecule has 0 aliphatic rings. The summed E-state index contributed by atoms with van der Waals surface area (Å²) in [4.78, 5) is 258. The van der Waals surface area contributed by atoms with Gasteiger partial charge in [-0.1, -0.05) is 172 Å². The van der Waals surface area contributed by atoms with Gasteiger partial charge in [-0.05, 0) is 174 Å². The minimum absolute atomic E-state index is 0.00947. The molecule has 0 saturated heterocycles. The van der Waals surface area contributed by atoms with E-state index in [0.29, 0.717) is 48.9 Å². The van der Waals surface area contributed by atoms with Crippen molar-refractivity contribution in [3.63, 3.8) is 0 Å². The number of carboxylic acids is 1. The molecule has 0 heterocycles. The average molecular weight is 2080 g/mol. The van der Waals surface area contributed by atoms with Crippen molar-refractivity contribution >= 4 is 118 Å². The summed E-state index contributed by atoms with van der Waals surface area (Å²) in [6, 6.07) is -0.145. The zero-order chi connectivity index (χ0) is 110. The second kappa shape index (κ2) is 71.2. The highest BCUT2D eigenvalue weighted by Crippen LogP contribution is 2.20. The van der Waals surface area contributed by atoms with Crippen molar-refractivity contribution < 1.29 is 102 Å². The predicted octanol–water partition coefficient (Wildman–Crippen LogP) is -1.06. The molecule has 0 aliphatic heterocycles. The Balaban J connectivity index is 2.02. The molecule has 0 aliphatic carbocycles. The van der Waals surface area contributed by atoms with Crippen molar-refractivity contribution in [1.29, 1.82) is 10.8 Å². The first-order valence-corrected chi connectivity index (χ1v) is 50.6.